The van der Waals surface area contributed by atoms with Gasteiger partial charge in [0.05, 0.1) is 5.92 Å². The van der Waals surface area contributed by atoms with E-state index in [-0.39, 0.29) is 17.7 Å². The van der Waals surface area contributed by atoms with Crippen LogP contribution in [0.4, 0.5) is 5.69 Å². The predicted molar refractivity (Wildman–Crippen MR) is 90.6 cm³/mol. The molecule has 0 saturated carbocycles. The van der Waals surface area contributed by atoms with Crippen LogP contribution in [0.3, 0.4) is 0 Å². The van der Waals surface area contributed by atoms with E-state index in [1.165, 1.54) is 0 Å². The Labute approximate surface area is 139 Å². The van der Waals surface area contributed by atoms with Crippen LogP contribution in [0.2, 0.25) is 0 Å². The zero-order valence-corrected chi connectivity index (χ0v) is 14.6. The number of hydrogen-bond donors (Lipinski definition) is 1. The van der Waals surface area contributed by atoms with Crippen molar-refractivity contribution in [1.82, 2.24) is 9.80 Å². The molecule has 0 bridgehead atoms. The summed E-state index contributed by atoms with van der Waals surface area (Å²) in [5.41, 5.74) is 0.748. The smallest absolute Gasteiger partial charge is 0.229 e. The molecule has 1 N–H and O–H groups in total. The van der Waals surface area contributed by atoms with Crippen molar-refractivity contribution in [2.75, 3.05) is 39.0 Å². The fourth-order valence-electron chi connectivity index (χ4n) is 2.55. The molecule has 1 atom stereocenters. The molecule has 1 aliphatic rings. The molecule has 6 heteroatoms. The summed E-state index contributed by atoms with van der Waals surface area (Å²) in [7, 11) is 4.03. The van der Waals surface area contributed by atoms with Crippen molar-refractivity contribution in [1.29, 1.82) is 0 Å². The van der Waals surface area contributed by atoms with Gasteiger partial charge in [-0.05, 0) is 45.3 Å². The Hall–Kier alpha value is -1.40. The van der Waals surface area contributed by atoms with Crippen LogP contribution in [0, 0.1) is 5.92 Å². The number of nitrogens with zero attached hydrogens (tertiary/aromatic N) is 2. The van der Waals surface area contributed by atoms with Crippen molar-refractivity contribution < 1.29 is 9.59 Å². The van der Waals surface area contributed by atoms with Crippen molar-refractivity contribution in [2.24, 2.45) is 5.92 Å². The molecule has 2 rings (SSSR count). The quantitative estimate of drug-likeness (QED) is 0.838. The Bertz CT molecular complexity index is 548. The number of anilines is 1. The number of benzene rings is 1. The minimum atomic E-state index is -0.258. The molecule has 2 amide bonds. The van der Waals surface area contributed by atoms with E-state index in [4.69, 9.17) is 0 Å². The molecule has 0 aliphatic carbocycles. The molecule has 1 aromatic rings. The van der Waals surface area contributed by atoms with Crippen molar-refractivity contribution >= 4 is 33.4 Å². The topological polar surface area (TPSA) is 52.6 Å². The van der Waals surface area contributed by atoms with Gasteiger partial charge in [0.1, 0.15) is 0 Å². The first-order valence-corrected chi connectivity index (χ1v) is 8.24. The van der Waals surface area contributed by atoms with Gasteiger partial charge in [0.2, 0.25) is 11.8 Å². The van der Waals surface area contributed by atoms with E-state index in [0.717, 1.165) is 29.7 Å². The number of likely N-dealkylation sites (tertiary alicyclic amines) is 1. The first-order chi connectivity index (χ1) is 10.5. The summed E-state index contributed by atoms with van der Waals surface area (Å²) in [4.78, 5) is 28.2. The Morgan fingerprint density at radius 2 is 2.23 bits per heavy atom. The van der Waals surface area contributed by atoms with Crippen LogP contribution in [-0.2, 0) is 9.59 Å². The molecule has 1 fully saturated rings. The molecule has 1 unspecified atom stereocenters. The second-order valence-electron chi connectivity index (χ2n) is 5.90. The average molecular weight is 368 g/mol. The van der Waals surface area contributed by atoms with Crippen molar-refractivity contribution in [3.63, 3.8) is 0 Å². The van der Waals surface area contributed by atoms with E-state index < -0.39 is 0 Å². The SMILES string of the molecule is CN(C)CCCN1CC(C(=O)Nc2cccc(Br)c2)CC1=O. The van der Waals surface area contributed by atoms with Gasteiger partial charge in [-0.1, -0.05) is 22.0 Å². The molecular formula is C16H22BrN3O2. The van der Waals surface area contributed by atoms with E-state index >= 15 is 0 Å². The summed E-state index contributed by atoms with van der Waals surface area (Å²) >= 11 is 3.38. The van der Waals surface area contributed by atoms with E-state index in [2.05, 4.69) is 26.1 Å². The number of rotatable bonds is 6. The molecule has 1 heterocycles. The Kier molecular flexibility index (Phi) is 5.97. The number of amides is 2. The summed E-state index contributed by atoms with van der Waals surface area (Å²) in [6.45, 7) is 2.18. The third-order valence-electron chi connectivity index (χ3n) is 3.71. The Balaban J connectivity index is 1.85. The van der Waals surface area contributed by atoms with Crippen molar-refractivity contribution in [3.8, 4) is 0 Å². The molecule has 1 saturated heterocycles. The molecule has 0 aromatic heterocycles. The lowest BCUT2D eigenvalue weighted by Gasteiger charge is -2.18. The summed E-state index contributed by atoms with van der Waals surface area (Å²) in [6.07, 6.45) is 1.24. The summed E-state index contributed by atoms with van der Waals surface area (Å²) < 4.78 is 0.915. The number of hydrogen-bond acceptors (Lipinski definition) is 3. The highest BCUT2D eigenvalue weighted by Gasteiger charge is 2.33. The van der Waals surface area contributed by atoms with Gasteiger partial charge in [0, 0.05) is 29.7 Å². The number of carbonyl (C=O) groups excluding carboxylic acids is 2. The minimum absolute atomic E-state index is 0.0770. The zero-order chi connectivity index (χ0) is 16.1. The molecule has 22 heavy (non-hydrogen) atoms. The van der Waals surface area contributed by atoms with Crippen molar-refractivity contribution in [2.45, 2.75) is 12.8 Å². The van der Waals surface area contributed by atoms with Crippen LogP contribution in [0.1, 0.15) is 12.8 Å². The normalized spacial score (nSPS) is 18.1. The standard InChI is InChI=1S/C16H22BrN3O2/c1-19(2)7-4-8-20-11-12(9-15(20)21)16(22)18-14-6-3-5-13(17)10-14/h3,5-6,10,12H,4,7-9,11H2,1-2H3,(H,18,22). The maximum Gasteiger partial charge on any atom is 0.229 e. The van der Waals surface area contributed by atoms with E-state index in [0.29, 0.717) is 13.0 Å². The maximum absolute atomic E-state index is 12.3. The molecule has 120 valence electrons. The van der Waals surface area contributed by atoms with Gasteiger partial charge >= 0.3 is 0 Å². The third kappa shape index (κ3) is 4.81. The second kappa shape index (κ2) is 7.74. The maximum atomic E-state index is 12.3. The lowest BCUT2D eigenvalue weighted by atomic mass is 10.1. The van der Waals surface area contributed by atoms with E-state index in [9.17, 15) is 9.59 Å². The van der Waals surface area contributed by atoms with Crippen LogP contribution < -0.4 is 5.32 Å². The Morgan fingerprint density at radius 3 is 2.91 bits per heavy atom. The third-order valence-corrected chi connectivity index (χ3v) is 4.20. The first kappa shape index (κ1) is 17.0. The molecule has 5 nitrogen and oxygen atoms in total. The van der Waals surface area contributed by atoms with Crippen molar-refractivity contribution in [3.05, 3.63) is 28.7 Å². The summed E-state index contributed by atoms with van der Waals surface area (Å²) in [5.74, 6) is -0.263. The van der Waals surface area contributed by atoms with Gasteiger partial charge in [0.15, 0.2) is 0 Å². The van der Waals surface area contributed by atoms with Crippen LogP contribution >= 0.6 is 15.9 Å². The molecule has 1 aliphatic heterocycles. The van der Waals surface area contributed by atoms with Gasteiger partial charge in [0.25, 0.3) is 0 Å². The number of halogens is 1. The average Bonchev–Trinajstić information content (AvgIpc) is 2.80. The second-order valence-corrected chi connectivity index (χ2v) is 6.81. The number of nitrogens with one attached hydrogen (secondary N) is 1. The predicted octanol–water partition coefficient (Wildman–Crippen LogP) is 2.19. The van der Waals surface area contributed by atoms with Gasteiger partial charge in [-0.2, -0.15) is 0 Å². The van der Waals surface area contributed by atoms with Gasteiger partial charge < -0.3 is 15.1 Å². The van der Waals surface area contributed by atoms with Crippen LogP contribution in [0.15, 0.2) is 28.7 Å². The van der Waals surface area contributed by atoms with E-state index in [1.54, 1.807) is 4.90 Å². The lowest BCUT2D eigenvalue weighted by molar-refractivity contribution is -0.128. The number of carbonyl (C=O) groups is 2. The largest absolute Gasteiger partial charge is 0.342 e. The highest BCUT2D eigenvalue weighted by molar-refractivity contribution is 9.10. The van der Waals surface area contributed by atoms with Gasteiger partial charge in [-0.3, -0.25) is 9.59 Å². The van der Waals surface area contributed by atoms with Gasteiger partial charge in [-0.25, -0.2) is 0 Å². The molecular weight excluding hydrogens is 346 g/mol. The fraction of sp³-hybridized carbons (Fsp3) is 0.500. The van der Waals surface area contributed by atoms with Crippen LogP contribution in [0.5, 0.6) is 0 Å². The minimum Gasteiger partial charge on any atom is -0.342 e. The highest BCUT2D eigenvalue weighted by atomic mass is 79.9. The first-order valence-electron chi connectivity index (χ1n) is 7.44. The van der Waals surface area contributed by atoms with Gasteiger partial charge in [-0.15, -0.1) is 0 Å². The molecule has 0 radical (unpaired) electrons. The summed E-state index contributed by atoms with van der Waals surface area (Å²) in [6, 6.07) is 7.46. The van der Waals surface area contributed by atoms with Crippen LogP contribution in [-0.4, -0.2) is 55.3 Å². The Morgan fingerprint density at radius 1 is 1.45 bits per heavy atom. The van der Waals surface area contributed by atoms with E-state index in [1.807, 2.05) is 38.4 Å². The fourth-order valence-corrected chi connectivity index (χ4v) is 2.95. The monoisotopic (exact) mass is 367 g/mol. The zero-order valence-electron chi connectivity index (χ0n) is 13.0. The van der Waals surface area contributed by atoms with Crippen LogP contribution in [0.25, 0.3) is 0 Å². The lowest BCUT2D eigenvalue weighted by Crippen LogP contribution is -2.30. The molecule has 1 aromatic carbocycles. The highest BCUT2D eigenvalue weighted by Crippen LogP contribution is 2.21. The molecule has 0 spiro atoms. The summed E-state index contributed by atoms with van der Waals surface area (Å²) in [5, 5.41) is 2.88.